The van der Waals surface area contributed by atoms with Gasteiger partial charge in [-0.2, -0.15) is 5.10 Å². The summed E-state index contributed by atoms with van der Waals surface area (Å²) in [7, 11) is 0. The van der Waals surface area contributed by atoms with Crippen LogP contribution in [0.1, 0.15) is 54.5 Å². The smallest absolute Gasteiger partial charge is 0.275 e. The molecule has 0 unspecified atom stereocenters. The Labute approximate surface area is 141 Å². The van der Waals surface area contributed by atoms with Crippen LogP contribution in [-0.4, -0.2) is 65.6 Å². The van der Waals surface area contributed by atoms with Gasteiger partial charge in [-0.25, -0.2) is 0 Å². The van der Waals surface area contributed by atoms with Crippen LogP contribution in [0.2, 0.25) is 0 Å². The van der Waals surface area contributed by atoms with Crippen LogP contribution >= 0.6 is 0 Å². The van der Waals surface area contributed by atoms with E-state index in [2.05, 4.69) is 10.2 Å². The van der Waals surface area contributed by atoms with E-state index in [1.807, 2.05) is 18.7 Å². The van der Waals surface area contributed by atoms with E-state index in [1.165, 1.54) is 0 Å². The molecule has 2 saturated heterocycles. The first-order valence-electron chi connectivity index (χ1n) is 8.81. The largest absolute Gasteiger partial charge is 0.381 e. The Morgan fingerprint density at radius 3 is 2.83 bits per heavy atom. The summed E-state index contributed by atoms with van der Waals surface area (Å²) in [5, 5.41) is 7.40. The molecule has 7 nitrogen and oxygen atoms in total. The second-order valence-electron chi connectivity index (χ2n) is 7.10. The zero-order valence-electron chi connectivity index (χ0n) is 14.3. The van der Waals surface area contributed by atoms with E-state index in [-0.39, 0.29) is 23.7 Å². The summed E-state index contributed by atoms with van der Waals surface area (Å²) in [6.07, 6.45) is 2.40. The summed E-state index contributed by atoms with van der Waals surface area (Å²) in [5.41, 5.74) is 2.26. The predicted molar refractivity (Wildman–Crippen MR) is 85.9 cm³/mol. The minimum Gasteiger partial charge on any atom is -0.381 e. The lowest BCUT2D eigenvalue weighted by atomic mass is 9.87. The number of ether oxygens (including phenoxy) is 3. The van der Waals surface area contributed by atoms with Crippen LogP contribution in [0, 0.1) is 0 Å². The van der Waals surface area contributed by atoms with Gasteiger partial charge in [-0.05, 0) is 26.7 Å². The molecule has 7 heteroatoms. The third-order valence-electron chi connectivity index (χ3n) is 5.51. The number of hydrogen-bond donors (Lipinski definition) is 1. The maximum atomic E-state index is 13.3. The van der Waals surface area contributed by atoms with Crippen molar-refractivity contribution in [1.29, 1.82) is 0 Å². The summed E-state index contributed by atoms with van der Waals surface area (Å²) in [4.78, 5) is 15.3. The molecule has 0 bridgehead atoms. The van der Waals surface area contributed by atoms with E-state index in [9.17, 15) is 4.79 Å². The third kappa shape index (κ3) is 2.55. The lowest BCUT2D eigenvalue weighted by Crippen LogP contribution is -2.61. The Morgan fingerprint density at radius 2 is 2.04 bits per heavy atom. The molecule has 1 spiro atoms. The van der Waals surface area contributed by atoms with Crippen LogP contribution in [0.5, 0.6) is 0 Å². The van der Waals surface area contributed by atoms with Crippen molar-refractivity contribution >= 4 is 5.91 Å². The van der Waals surface area contributed by atoms with E-state index < -0.39 is 0 Å². The number of nitrogens with one attached hydrogen (secondary N) is 1. The summed E-state index contributed by atoms with van der Waals surface area (Å²) in [6.45, 7) is 7.16. The van der Waals surface area contributed by atoms with Gasteiger partial charge in [-0.15, -0.1) is 0 Å². The Bertz CT molecular complexity index is 615. The molecular weight excluding hydrogens is 310 g/mol. The number of carbonyl (C=O) groups is 1. The zero-order chi connectivity index (χ0) is 16.7. The molecule has 0 radical (unpaired) electrons. The number of H-pyrrole nitrogens is 1. The Balaban J connectivity index is 1.66. The molecule has 1 aromatic rings. The van der Waals surface area contributed by atoms with Gasteiger partial charge in [-0.1, -0.05) is 0 Å². The molecule has 4 rings (SSSR count). The second kappa shape index (κ2) is 6.13. The molecule has 1 amide bonds. The summed E-state index contributed by atoms with van der Waals surface area (Å²) >= 11 is 0. The first-order valence-corrected chi connectivity index (χ1v) is 8.81. The molecule has 24 heavy (non-hydrogen) atoms. The van der Waals surface area contributed by atoms with Gasteiger partial charge in [0.2, 0.25) is 0 Å². The van der Waals surface area contributed by atoms with Crippen molar-refractivity contribution in [2.75, 3.05) is 33.0 Å². The van der Waals surface area contributed by atoms with Crippen molar-refractivity contribution < 1.29 is 19.0 Å². The number of rotatable bonds is 1. The maximum Gasteiger partial charge on any atom is 0.275 e. The monoisotopic (exact) mass is 335 g/mol. The Hall–Kier alpha value is -1.44. The van der Waals surface area contributed by atoms with Crippen molar-refractivity contribution in [2.45, 2.75) is 50.9 Å². The van der Waals surface area contributed by atoms with E-state index in [0.29, 0.717) is 38.7 Å². The minimum atomic E-state index is -0.248. The molecule has 4 heterocycles. The summed E-state index contributed by atoms with van der Waals surface area (Å²) in [6, 6.07) is 0. The van der Waals surface area contributed by atoms with Gasteiger partial charge in [-0.3, -0.25) is 9.89 Å². The van der Waals surface area contributed by atoms with Gasteiger partial charge >= 0.3 is 0 Å². The van der Waals surface area contributed by atoms with Crippen LogP contribution in [-0.2, 0) is 20.6 Å². The van der Waals surface area contributed by atoms with Gasteiger partial charge in [0.25, 0.3) is 5.91 Å². The van der Waals surface area contributed by atoms with Crippen LogP contribution in [0.4, 0.5) is 0 Å². The molecule has 3 aliphatic heterocycles. The van der Waals surface area contributed by atoms with Gasteiger partial charge < -0.3 is 19.1 Å². The fraction of sp³-hybridized carbons (Fsp3) is 0.765. The molecule has 132 valence electrons. The second-order valence-corrected chi connectivity index (χ2v) is 7.10. The van der Waals surface area contributed by atoms with Crippen LogP contribution in [0.15, 0.2) is 0 Å². The van der Waals surface area contributed by atoms with E-state index in [1.54, 1.807) is 0 Å². The van der Waals surface area contributed by atoms with Crippen molar-refractivity contribution in [3.63, 3.8) is 0 Å². The average molecular weight is 335 g/mol. The highest BCUT2D eigenvalue weighted by atomic mass is 16.5. The first kappa shape index (κ1) is 16.1. The fourth-order valence-electron chi connectivity index (χ4n) is 4.19. The molecule has 1 N–H and O–H groups in total. The SMILES string of the molecule is C[C@@H]1Cc2c(C(=O)N3CCOCC34CCOCC4)n[nH]c2[C@H](C)O1. The maximum absolute atomic E-state index is 13.3. The molecule has 1 aromatic heterocycles. The highest BCUT2D eigenvalue weighted by Crippen LogP contribution is 2.35. The average Bonchev–Trinajstić information content (AvgIpc) is 2.99. The van der Waals surface area contributed by atoms with Crippen molar-refractivity contribution in [3.8, 4) is 0 Å². The molecule has 0 aromatic carbocycles. The Kier molecular flexibility index (Phi) is 4.10. The number of carbonyl (C=O) groups excluding carboxylic acids is 1. The number of nitrogens with zero attached hydrogens (tertiary/aromatic N) is 2. The molecular formula is C17H25N3O4. The zero-order valence-corrected chi connectivity index (χ0v) is 14.3. The lowest BCUT2D eigenvalue weighted by molar-refractivity contribution is -0.0979. The number of morpholine rings is 1. The first-order chi connectivity index (χ1) is 11.6. The predicted octanol–water partition coefficient (Wildman–Crippen LogP) is 1.45. The lowest BCUT2D eigenvalue weighted by Gasteiger charge is -2.48. The van der Waals surface area contributed by atoms with Gasteiger partial charge in [0.1, 0.15) is 0 Å². The van der Waals surface area contributed by atoms with Crippen molar-refractivity contribution in [1.82, 2.24) is 15.1 Å². The highest BCUT2D eigenvalue weighted by Gasteiger charge is 2.45. The molecule has 2 fully saturated rings. The van der Waals surface area contributed by atoms with Crippen molar-refractivity contribution in [2.24, 2.45) is 0 Å². The molecule has 2 atom stereocenters. The number of aromatic nitrogens is 2. The van der Waals surface area contributed by atoms with Gasteiger partial charge in [0.05, 0.1) is 36.7 Å². The van der Waals surface area contributed by atoms with E-state index >= 15 is 0 Å². The van der Waals surface area contributed by atoms with Crippen molar-refractivity contribution in [3.05, 3.63) is 17.0 Å². The topological polar surface area (TPSA) is 76.7 Å². The number of aromatic amines is 1. The van der Waals surface area contributed by atoms with Crippen LogP contribution in [0.3, 0.4) is 0 Å². The van der Waals surface area contributed by atoms with E-state index in [0.717, 1.165) is 30.5 Å². The van der Waals surface area contributed by atoms with Gasteiger partial charge in [0.15, 0.2) is 5.69 Å². The van der Waals surface area contributed by atoms with Crippen LogP contribution < -0.4 is 0 Å². The normalized spacial score (nSPS) is 29.5. The molecule has 3 aliphatic rings. The number of fused-ring (bicyclic) bond motifs is 1. The number of amides is 1. The number of hydrogen-bond acceptors (Lipinski definition) is 5. The third-order valence-corrected chi connectivity index (χ3v) is 5.51. The fourth-order valence-corrected chi connectivity index (χ4v) is 4.19. The quantitative estimate of drug-likeness (QED) is 0.841. The minimum absolute atomic E-state index is 0.0130. The highest BCUT2D eigenvalue weighted by molar-refractivity contribution is 5.94. The van der Waals surface area contributed by atoms with Crippen LogP contribution in [0.25, 0.3) is 0 Å². The van der Waals surface area contributed by atoms with E-state index in [4.69, 9.17) is 14.2 Å². The molecule has 0 aliphatic carbocycles. The summed E-state index contributed by atoms with van der Waals surface area (Å²) < 4.78 is 17.0. The Morgan fingerprint density at radius 1 is 1.25 bits per heavy atom. The summed E-state index contributed by atoms with van der Waals surface area (Å²) in [5.74, 6) is 0.0130. The van der Waals surface area contributed by atoms with Gasteiger partial charge in [0, 0.05) is 31.7 Å². The standard InChI is InChI=1S/C17H25N3O4/c1-11-9-13-14(12(2)24-11)18-19-15(13)16(21)20-5-8-23-10-17(20)3-6-22-7-4-17/h11-12H,3-10H2,1-2H3,(H,18,19)/t11-,12+/m1/s1. The molecule has 0 saturated carbocycles.